The van der Waals surface area contributed by atoms with Gasteiger partial charge in [-0.1, -0.05) is 6.07 Å². The number of hydrogen-bond donors (Lipinski definition) is 1. The van der Waals surface area contributed by atoms with Gasteiger partial charge in [0, 0.05) is 25.7 Å². The van der Waals surface area contributed by atoms with E-state index in [1.807, 2.05) is 0 Å². The first-order valence-electron chi connectivity index (χ1n) is 6.72. The average Bonchev–Trinajstić information content (AvgIpc) is 2.74. The molecule has 2 rings (SSSR count). The lowest BCUT2D eigenvalue weighted by molar-refractivity contribution is -0.125. The van der Waals surface area contributed by atoms with Crippen LogP contribution in [0.2, 0.25) is 0 Å². The van der Waals surface area contributed by atoms with Crippen LogP contribution in [-0.2, 0) is 4.79 Å². The second-order valence-electron chi connectivity index (χ2n) is 4.66. The van der Waals surface area contributed by atoms with Gasteiger partial charge in [-0.2, -0.15) is 0 Å². The molecule has 1 aromatic rings. The van der Waals surface area contributed by atoms with Crippen molar-refractivity contribution in [2.24, 2.45) is 0 Å². The second-order valence-corrected chi connectivity index (χ2v) is 4.66. The number of methoxy groups -OCH3 is 1. The number of amides is 1. The van der Waals surface area contributed by atoms with Crippen LogP contribution in [-0.4, -0.2) is 44.1 Å². The number of rotatable bonds is 3. The number of carbonyl (C=O) groups excluding carboxylic acids is 1. The maximum absolute atomic E-state index is 13.5. The first-order chi connectivity index (χ1) is 9.70. The van der Waals surface area contributed by atoms with Crippen LogP contribution in [0.3, 0.4) is 0 Å². The second kappa shape index (κ2) is 8.64. The molecule has 116 valence electrons. The molecule has 0 radical (unpaired) electrons. The Bertz CT molecular complexity index is 500. The Hall–Kier alpha value is -1.59. The molecule has 1 N–H and O–H groups in total. The molecule has 1 heterocycles. The third kappa shape index (κ3) is 5.02. The number of hydrogen-bond acceptors (Lipinski definition) is 3. The standard InChI is InChI=1S/C15H19FN2O2.ClH/c1-20-14-5-3-12(11-13(14)16)4-6-15(19)18-9-2-7-17-8-10-18;/h3-6,11,17H,2,7-10H2,1H3;1H. The van der Waals surface area contributed by atoms with Gasteiger partial charge in [0.15, 0.2) is 11.6 Å². The van der Waals surface area contributed by atoms with Crippen LogP contribution in [0.5, 0.6) is 5.75 Å². The van der Waals surface area contributed by atoms with Gasteiger partial charge in [-0.25, -0.2) is 4.39 Å². The van der Waals surface area contributed by atoms with Crippen LogP contribution in [0.4, 0.5) is 4.39 Å². The van der Waals surface area contributed by atoms with Crippen LogP contribution in [0.15, 0.2) is 24.3 Å². The Morgan fingerprint density at radius 2 is 2.19 bits per heavy atom. The molecular weight excluding hydrogens is 295 g/mol. The molecule has 1 aliphatic rings. The van der Waals surface area contributed by atoms with Crippen molar-refractivity contribution in [1.29, 1.82) is 0 Å². The fourth-order valence-electron chi connectivity index (χ4n) is 2.13. The lowest BCUT2D eigenvalue weighted by Gasteiger charge is -2.17. The summed E-state index contributed by atoms with van der Waals surface area (Å²) in [6.45, 7) is 3.22. The molecule has 0 spiro atoms. The number of nitrogens with one attached hydrogen (secondary N) is 1. The summed E-state index contributed by atoms with van der Waals surface area (Å²) in [6, 6.07) is 4.62. The van der Waals surface area contributed by atoms with Crippen LogP contribution in [0.25, 0.3) is 6.08 Å². The maximum atomic E-state index is 13.5. The minimum atomic E-state index is -0.430. The predicted molar refractivity (Wildman–Crippen MR) is 83.3 cm³/mol. The van der Waals surface area contributed by atoms with Crippen molar-refractivity contribution in [3.8, 4) is 5.75 Å². The van der Waals surface area contributed by atoms with E-state index in [0.717, 1.165) is 26.1 Å². The minimum absolute atomic E-state index is 0. The summed E-state index contributed by atoms with van der Waals surface area (Å²) in [4.78, 5) is 13.8. The first kappa shape index (κ1) is 17.5. The van der Waals surface area contributed by atoms with Crippen LogP contribution < -0.4 is 10.1 Å². The van der Waals surface area contributed by atoms with E-state index in [0.29, 0.717) is 12.1 Å². The van der Waals surface area contributed by atoms with Gasteiger partial charge in [0.05, 0.1) is 7.11 Å². The highest BCUT2D eigenvalue weighted by molar-refractivity contribution is 5.91. The third-order valence-corrected chi connectivity index (χ3v) is 3.25. The summed E-state index contributed by atoms with van der Waals surface area (Å²) in [7, 11) is 1.42. The molecule has 6 heteroatoms. The van der Waals surface area contributed by atoms with Crippen molar-refractivity contribution in [1.82, 2.24) is 10.2 Å². The molecule has 0 atom stereocenters. The molecular formula is C15H20ClFN2O2. The van der Waals surface area contributed by atoms with Crippen LogP contribution in [0.1, 0.15) is 12.0 Å². The van der Waals surface area contributed by atoms with Crippen molar-refractivity contribution in [2.75, 3.05) is 33.3 Å². The molecule has 0 unspecified atom stereocenters. The number of halogens is 2. The molecule has 1 amide bonds. The Labute approximate surface area is 130 Å². The lowest BCUT2D eigenvalue weighted by Crippen LogP contribution is -2.32. The summed E-state index contributed by atoms with van der Waals surface area (Å²) in [5, 5.41) is 3.24. The van der Waals surface area contributed by atoms with Crippen LogP contribution in [0, 0.1) is 5.82 Å². The lowest BCUT2D eigenvalue weighted by atomic mass is 10.2. The summed E-state index contributed by atoms with van der Waals surface area (Å²) in [5.74, 6) is -0.266. The highest BCUT2D eigenvalue weighted by atomic mass is 35.5. The van der Waals surface area contributed by atoms with Crippen LogP contribution >= 0.6 is 12.4 Å². The topological polar surface area (TPSA) is 41.6 Å². The monoisotopic (exact) mass is 314 g/mol. The fraction of sp³-hybridized carbons (Fsp3) is 0.400. The van der Waals surface area contributed by atoms with E-state index in [2.05, 4.69) is 5.32 Å². The Kier molecular flexibility index (Phi) is 7.19. The molecule has 0 aliphatic carbocycles. The Morgan fingerprint density at radius 3 is 2.90 bits per heavy atom. The molecule has 4 nitrogen and oxygen atoms in total. The van der Waals surface area contributed by atoms with E-state index in [4.69, 9.17) is 4.74 Å². The smallest absolute Gasteiger partial charge is 0.246 e. The maximum Gasteiger partial charge on any atom is 0.246 e. The van der Waals surface area contributed by atoms with Crippen molar-refractivity contribution in [2.45, 2.75) is 6.42 Å². The van der Waals surface area contributed by atoms with Gasteiger partial charge in [-0.3, -0.25) is 4.79 Å². The zero-order valence-corrected chi connectivity index (χ0v) is 12.8. The van der Waals surface area contributed by atoms with E-state index in [-0.39, 0.29) is 24.1 Å². The quantitative estimate of drug-likeness (QED) is 0.869. The summed E-state index contributed by atoms with van der Waals surface area (Å²) in [6.07, 6.45) is 4.08. The molecule has 1 aliphatic heterocycles. The summed E-state index contributed by atoms with van der Waals surface area (Å²) < 4.78 is 18.4. The van der Waals surface area contributed by atoms with Crippen molar-refractivity contribution >= 4 is 24.4 Å². The van der Waals surface area contributed by atoms with E-state index in [1.165, 1.54) is 19.3 Å². The van der Waals surface area contributed by atoms with E-state index >= 15 is 0 Å². The average molecular weight is 315 g/mol. The summed E-state index contributed by atoms with van der Waals surface area (Å²) >= 11 is 0. The zero-order chi connectivity index (χ0) is 14.4. The van der Waals surface area contributed by atoms with Gasteiger partial charge in [-0.05, 0) is 36.7 Å². The number of ether oxygens (including phenoxy) is 1. The van der Waals surface area contributed by atoms with Gasteiger partial charge >= 0.3 is 0 Å². The van der Waals surface area contributed by atoms with E-state index in [9.17, 15) is 9.18 Å². The van der Waals surface area contributed by atoms with Gasteiger partial charge in [0.25, 0.3) is 0 Å². The minimum Gasteiger partial charge on any atom is -0.494 e. The van der Waals surface area contributed by atoms with Gasteiger partial charge in [0.1, 0.15) is 0 Å². The molecule has 0 bridgehead atoms. The van der Waals surface area contributed by atoms with Gasteiger partial charge in [-0.15, -0.1) is 12.4 Å². The molecule has 1 fully saturated rings. The fourth-order valence-corrected chi connectivity index (χ4v) is 2.13. The molecule has 0 aromatic heterocycles. The highest BCUT2D eigenvalue weighted by Crippen LogP contribution is 2.18. The van der Waals surface area contributed by atoms with Crippen molar-refractivity contribution in [3.63, 3.8) is 0 Å². The Morgan fingerprint density at radius 1 is 1.38 bits per heavy atom. The summed E-state index contributed by atoms with van der Waals surface area (Å²) in [5.41, 5.74) is 0.643. The number of nitrogens with zero attached hydrogens (tertiary/aromatic N) is 1. The van der Waals surface area contributed by atoms with Crippen molar-refractivity contribution < 1.29 is 13.9 Å². The number of benzene rings is 1. The molecule has 1 saturated heterocycles. The zero-order valence-electron chi connectivity index (χ0n) is 12.0. The largest absolute Gasteiger partial charge is 0.494 e. The van der Waals surface area contributed by atoms with E-state index < -0.39 is 5.82 Å². The Balaban J connectivity index is 0.00000220. The third-order valence-electron chi connectivity index (χ3n) is 3.25. The van der Waals surface area contributed by atoms with Crippen molar-refractivity contribution in [3.05, 3.63) is 35.7 Å². The first-order valence-corrected chi connectivity index (χ1v) is 6.72. The molecule has 1 aromatic carbocycles. The van der Waals surface area contributed by atoms with Gasteiger partial charge in [0.2, 0.25) is 5.91 Å². The predicted octanol–water partition coefficient (Wildman–Crippen LogP) is 2.09. The van der Waals surface area contributed by atoms with E-state index in [1.54, 1.807) is 23.1 Å². The normalized spacial score (nSPS) is 15.4. The number of carbonyl (C=O) groups is 1. The molecule has 21 heavy (non-hydrogen) atoms. The molecule has 0 saturated carbocycles. The highest BCUT2D eigenvalue weighted by Gasteiger charge is 2.12. The van der Waals surface area contributed by atoms with Gasteiger partial charge < -0.3 is 15.0 Å². The SMILES string of the molecule is COc1ccc(C=CC(=O)N2CCCNCC2)cc1F.Cl.